The van der Waals surface area contributed by atoms with E-state index in [0.29, 0.717) is 19.5 Å². The maximum Gasteiger partial charge on any atom is 0.293 e. The Hall–Kier alpha value is -2.10. The molecule has 1 aromatic carbocycles. The van der Waals surface area contributed by atoms with E-state index in [1.807, 2.05) is 6.07 Å². The Morgan fingerprint density at radius 3 is 2.79 bits per heavy atom. The molecule has 98 valence electrons. The second-order valence-electron chi connectivity index (χ2n) is 4.94. The lowest BCUT2D eigenvalue weighted by Crippen LogP contribution is -2.08. The number of aromatic nitrogens is 2. The number of ether oxygens (including phenoxy) is 1. The number of rotatable bonds is 6. The first-order chi connectivity index (χ1) is 9.35. The molecule has 0 spiro atoms. The quantitative estimate of drug-likeness (QED) is 0.637. The van der Waals surface area contributed by atoms with Crippen molar-refractivity contribution >= 4 is 6.47 Å². The smallest absolute Gasteiger partial charge is 0.293 e. The minimum absolute atomic E-state index is 0.123. The van der Waals surface area contributed by atoms with Gasteiger partial charge < -0.3 is 4.74 Å². The molecule has 4 nitrogen and oxygen atoms in total. The minimum Gasteiger partial charge on any atom is -0.467 e. The second-order valence-corrected chi connectivity index (χ2v) is 4.94. The summed E-state index contributed by atoms with van der Waals surface area (Å²) in [7, 11) is 0. The highest BCUT2D eigenvalue weighted by atomic mass is 16.5. The first-order valence-corrected chi connectivity index (χ1v) is 6.51. The normalized spacial score (nSPS) is 16.0. The Morgan fingerprint density at radius 2 is 2.11 bits per heavy atom. The van der Waals surface area contributed by atoms with Gasteiger partial charge in [0.2, 0.25) is 0 Å². The topological polar surface area (TPSA) is 55.0 Å². The highest BCUT2D eigenvalue weighted by Gasteiger charge is 2.47. The predicted octanol–water partition coefficient (Wildman–Crippen LogP) is 2.21. The van der Waals surface area contributed by atoms with Gasteiger partial charge in [-0.15, -0.1) is 0 Å². The van der Waals surface area contributed by atoms with Crippen molar-refractivity contribution in [2.24, 2.45) is 0 Å². The van der Waals surface area contributed by atoms with Gasteiger partial charge >= 0.3 is 0 Å². The van der Waals surface area contributed by atoms with Crippen LogP contribution in [0.3, 0.4) is 0 Å². The van der Waals surface area contributed by atoms with Gasteiger partial charge in [-0.25, -0.2) is 0 Å². The third-order valence-electron chi connectivity index (χ3n) is 3.77. The Kier molecular flexibility index (Phi) is 3.07. The van der Waals surface area contributed by atoms with Gasteiger partial charge in [-0.2, -0.15) is 5.10 Å². The molecule has 1 heterocycles. The van der Waals surface area contributed by atoms with Gasteiger partial charge in [-0.3, -0.25) is 9.89 Å². The number of hydrogen-bond donors (Lipinski definition) is 1. The molecule has 0 unspecified atom stereocenters. The fourth-order valence-electron chi connectivity index (χ4n) is 2.54. The van der Waals surface area contributed by atoms with E-state index in [4.69, 9.17) is 4.74 Å². The molecule has 1 N–H and O–H groups in total. The molecule has 1 fully saturated rings. The van der Waals surface area contributed by atoms with E-state index in [-0.39, 0.29) is 5.41 Å². The van der Waals surface area contributed by atoms with Crippen molar-refractivity contribution in [1.82, 2.24) is 10.2 Å². The standard InChI is InChI=1S/C15H16N2O2/c18-11-19-9-6-13-10-14(17-16-13)15(7-8-15)12-4-2-1-3-5-12/h1-5,10-11H,6-9H2,(H,16,17). The summed E-state index contributed by atoms with van der Waals surface area (Å²) in [6, 6.07) is 12.6. The van der Waals surface area contributed by atoms with Gasteiger partial charge in [0.1, 0.15) is 0 Å². The zero-order chi connectivity index (χ0) is 13.1. The highest BCUT2D eigenvalue weighted by Crippen LogP contribution is 2.52. The number of H-pyrrole nitrogens is 1. The highest BCUT2D eigenvalue weighted by molar-refractivity contribution is 5.42. The van der Waals surface area contributed by atoms with Crippen molar-refractivity contribution < 1.29 is 9.53 Å². The molecular formula is C15H16N2O2. The summed E-state index contributed by atoms with van der Waals surface area (Å²) in [5, 5.41) is 7.44. The zero-order valence-corrected chi connectivity index (χ0v) is 10.6. The van der Waals surface area contributed by atoms with Crippen molar-refractivity contribution in [3.05, 3.63) is 53.3 Å². The predicted molar refractivity (Wildman–Crippen MR) is 70.8 cm³/mol. The average Bonchev–Trinajstić information content (AvgIpc) is 3.14. The summed E-state index contributed by atoms with van der Waals surface area (Å²) in [5.74, 6) is 0. The molecule has 0 aliphatic heterocycles. The van der Waals surface area contributed by atoms with Gasteiger partial charge in [-0.05, 0) is 24.5 Å². The maximum atomic E-state index is 10.1. The molecule has 1 saturated carbocycles. The van der Waals surface area contributed by atoms with Crippen LogP contribution >= 0.6 is 0 Å². The number of aromatic amines is 1. The fraction of sp³-hybridized carbons (Fsp3) is 0.333. The van der Waals surface area contributed by atoms with Crippen LogP contribution in [0.25, 0.3) is 0 Å². The first kappa shape index (κ1) is 12.0. The third-order valence-corrected chi connectivity index (χ3v) is 3.77. The summed E-state index contributed by atoms with van der Waals surface area (Å²) in [6.07, 6.45) is 2.97. The Balaban J connectivity index is 1.77. The van der Waals surface area contributed by atoms with Crippen molar-refractivity contribution in [3.8, 4) is 0 Å². The maximum absolute atomic E-state index is 10.1. The van der Waals surface area contributed by atoms with Crippen LogP contribution in [-0.4, -0.2) is 23.3 Å². The molecule has 0 amide bonds. The summed E-state index contributed by atoms with van der Waals surface area (Å²) < 4.78 is 4.70. The van der Waals surface area contributed by atoms with Gasteiger partial charge in [0, 0.05) is 17.5 Å². The number of hydrogen-bond acceptors (Lipinski definition) is 3. The number of nitrogens with one attached hydrogen (secondary N) is 1. The van der Waals surface area contributed by atoms with E-state index < -0.39 is 0 Å². The van der Waals surface area contributed by atoms with Gasteiger partial charge in [0.15, 0.2) is 0 Å². The molecule has 2 aromatic rings. The van der Waals surface area contributed by atoms with Gasteiger partial charge in [-0.1, -0.05) is 30.3 Å². The van der Waals surface area contributed by atoms with Crippen LogP contribution < -0.4 is 0 Å². The summed E-state index contributed by atoms with van der Waals surface area (Å²) in [5.41, 5.74) is 3.58. The van der Waals surface area contributed by atoms with Crippen molar-refractivity contribution in [3.63, 3.8) is 0 Å². The zero-order valence-electron chi connectivity index (χ0n) is 10.6. The third kappa shape index (κ3) is 2.26. The van der Waals surface area contributed by atoms with E-state index in [9.17, 15) is 4.79 Å². The largest absolute Gasteiger partial charge is 0.467 e. The van der Waals surface area contributed by atoms with E-state index in [0.717, 1.165) is 18.5 Å². The van der Waals surface area contributed by atoms with Crippen molar-refractivity contribution in [1.29, 1.82) is 0 Å². The van der Waals surface area contributed by atoms with Crippen LogP contribution in [0.15, 0.2) is 36.4 Å². The Morgan fingerprint density at radius 1 is 1.32 bits per heavy atom. The fourth-order valence-corrected chi connectivity index (χ4v) is 2.54. The van der Waals surface area contributed by atoms with Crippen LogP contribution in [-0.2, 0) is 21.4 Å². The van der Waals surface area contributed by atoms with E-state index in [2.05, 4.69) is 40.5 Å². The minimum atomic E-state index is 0.123. The van der Waals surface area contributed by atoms with Crippen LogP contribution in [0.5, 0.6) is 0 Å². The second kappa shape index (κ2) is 4.88. The van der Waals surface area contributed by atoms with E-state index in [1.165, 1.54) is 11.3 Å². The van der Waals surface area contributed by atoms with Crippen molar-refractivity contribution in [2.75, 3.05) is 6.61 Å². The molecule has 1 aromatic heterocycles. The number of benzene rings is 1. The summed E-state index contributed by atoms with van der Waals surface area (Å²) in [6.45, 7) is 0.853. The van der Waals surface area contributed by atoms with Crippen molar-refractivity contribution in [2.45, 2.75) is 24.7 Å². The molecule has 19 heavy (non-hydrogen) atoms. The molecule has 0 bridgehead atoms. The van der Waals surface area contributed by atoms with Gasteiger partial charge in [0.25, 0.3) is 6.47 Å². The Labute approximate surface area is 111 Å². The van der Waals surface area contributed by atoms with E-state index >= 15 is 0 Å². The lowest BCUT2D eigenvalue weighted by molar-refractivity contribution is -0.128. The monoisotopic (exact) mass is 256 g/mol. The van der Waals surface area contributed by atoms with Gasteiger partial charge in [0.05, 0.1) is 12.3 Å². The molecule has 0 saturated heterocycles. The molecular weight excluding hydrogens is 240 g/mol. The first-order valence-electron chi connectivity index (χ1n) is 6.51. The molecule has 4 heteroatoms. The number of carbonyl (C=O) groups excluding carboxylic acids is 1. The molecule has 3 rings (SSSR count). The molecule has 1 aliphatic rings. The van der Waals surface area contributed by atoms with Crippen LogP contribution in [0, 0.1) is 0 Å². The van der Waals surface area contributed by atoms with Crippen LogP contribution in [0.4, 0.5) is 0 Å². The number of carbonyl (C=O) groups is 1. The molecule has 0 atom stereocenters. The SMILES string of the molecule is O=COCCc1cc(C2(c3ccccc3)CC2)[nH]n1. The number of nitrogens with zero attached hydrogens (tertiary/aromatic N) is 1. The van der Waals surface area contributed by atoms with E-state index in [1.54, 1.807) is 0 Å². The summed E-state index contributed by atoms with van der Waals surface area (Å²) in [4.78, 5) is 10.1. The van der Waals surface area contributed by atoms with Crippen LogP contribution in [0.2, 0.25) is 0 Å². The lowest BCUT2D eigenvalue weighted by Gasteiger charge is -2.12. The Bertz CT molecular complexity index is 559. The summed E-state index contributed by atoms with van der Waals surface area (Å²) >= 11 is 0. The van der Waals surface area contributed by atoms with Crippen LogP contribution in [0.1, 0.15) is 29.8 Å². The molecule has 1 aliphatic carbocycles. The molecule has 0 radical (unpaired) electrons. The lowest BCUT2D eigenvalue weighted by atomic mass is 9.92. The average molecular weight is 256 g/mol.